The van der Waals surface area contributed by atoms with Crippen molar-refractivity contribution in [3.8, 4) is 5.75 Å². The van der Waals surface area contributed by atoms with E-state index in [9.17, 15) is 22.7 Å². The minimum atomic E-state index is -3.78. The number of phenols is 1. The second-order valence-electron chi connectivity index (χ2n) is 10.0. The van der Waals surface area contributed by atoms with Crippen molar-refractivity contribution in [2.75, 3.05) is 19.6 Å². The molecule has 1 fully saturated rings. The number of halogens is 1. The summed E-state index contributed by atoms with van der Waals surface area (Å²) in [5, 5.41) is 9.68. The first kappa shape index (κ1) is 26.9. The highest BCUT2D eigenvalue weighted by molar-refractivity contribution is 7.89. The molecule has 0 unspecified atom stereocenters. The minimum Gasteiger partial charge on any atom is -0.508 e. The van der Waals surface area contributed by atoms with Crippen LogP contribution in [0.4, 0.5) is 9.18 Å². The highest BCUT2D eigenvalue weighted by Crippen LogP contribution is 2.25. The molecular formula is C25H34FN3O5S. The standard InChI is InChI=1S/C25H34FN3O5S/c1-17-6-5-7-23(10-17)35(32,33)28-8-9-29(24(31)34-25(2,3)4)21(16-28)15-20(27)12-18-11-19(26)14-22(30)13-18/h5-7,10-11,13-14,20-21,30H,8-9,12,15-16,27H2,1-4H3/t20-,21-/m0/s1. The van der Waals surface area contributed by atoms with Crippen molar-refractivity contribution in [3.63, 3.8) is 0 Å². The second-order valence-corrected chi connectivity index (χ2v) is 12.0. The number of piperazine rings is 1. The zero-order valence-corrected chi connectivity index (χ0v) is 21.4. The molecule has 8 nitrogen and oxygen atoms in total. The second kappa shape index (κ2) is 10.5. The Kier molecular flexibility index (Phi) is 8.08. The summed E-state index contributed by atoms with van der Waals surface area (Å²) in [5.41, 5.74) is 6.99. The Morgan fingerprint density at radius 3 is 2.57 bits per heavy atom. The smallest absolute Gasteiger partial charge is 0.410 e. The van der Waals surface area contributed by atoms with Gasteiger partial charge in [-0.2, -0.15) is 4.31 Å². The van der Waals surface area contributed by atoms with Gasteiger partial charge in [0.2, 0.25) is 10.0 Å². The first-order valence-corrected chi connectivity index (χ1v) is 13.0. The van der Waals surface area contributed by atoms with E-state index in [2.05, 4.69) is 0 Å². The Labute approximate surface area is 206 Å². The van der Waals surface area contributed by atoms with Crippen LogP contribution in [-0.4, -0.2) is 66.1 Å². The number of carbonyl (C=O) groups is 1. The Balaban J connectivity index is 1.83. The van der Waals surface area contributed by atoms with Gasteiger partial charge in [0.1, 0.15) is 17.2 Å². The van der Waals surface area contributed by atoms with Gasteiger partial charge in [-0.05, 0) is 75.9 Å². The molecule has 0 aliphatic carbocycles. The number of ether oxygens (including phenoxy) is 1. The molecule has 0 aromatic heterocycles. The van der Waals surface area contributed by atoms with E-state index in [4.69, 9.17) is 10.5 Å². The quantitative estimate of drug-likeness (QED) is 0.620. The molecule has 2 aromatic carbocycles. The number of benzene rings is 2. The first-order valence-electron chi connectivity index (χ1n) is 11.5. The van der Waals surface area contributed by atoms with Crippen molar-refractivity contribution < 1.29 is 27.4 Å². The summed E-state index contributed by atoms with van der Waals surface area (Å²) in [6.07, 6.45) is -0.0315. The maximum atomic E-state index is 13.7. The Hall–Kier alpha value is -2.69. The van der Waals surface area contributed by atoms with E-state index in [0.29, 0.717) is 5.56 Å². The van der Waals surface area contributed by atoms with Crippen LogP contribution in [0.15, 0.2) is 47.4 Å². The van der Waals surface area contributed by atoms with Gasteiger partial charge in [0.15, 0.2) is 0 Å². The summed E-state index contributed by atoms with van der Waals surface area (Å²) in [5.74, 6) is -0.772. The molecule has 3 N–H and O–H groups in total. The monoisotopic (exact) mass is 507 g/mol. The van der Waals surface area contributed by atoms with E-state index in [1.165, 1.54) is 21.3 Å². The van der Waals surface area contributed by atoms with Crippen molar-refractivity contribution in [3.05, 3.63) is 59.4 Å². The van der Waals surface area contributed by atoms with Crippen LogP contribution in [0.2, 0.25) is 0 Å². The number of carbonyl (C=O) groups excluding carboxylic acids is 1. The van der Waals surface area contributed by atoms with Crippen molar-refractivity contribution in [1.82, 2.24) is 9.21 Å². The fourth-order valence-corrected chi connectivity index (χ4v) is 5.79. The lowest BCUT2D eigenvalue weighted by Crippen LogP contribution is -2.58. The predicted octanol–water partition coefficient (Wildman–Crippen LogP) is 3.41. The summed E-state index contributed by atoms with van der Waals surface area (Å²) in [6, 6.07) is 9.36. The topological polar surface area (TPSA) is 113 Å². The highest BCUT2D eigenvalue weighted by atomic mass is 32.2. The maximum Gasteiger partial charge on any atom is 0.410 e. The third-order valence-electron chi connectivity index (χ3n) is 5.72. The number of hydrogen-bond donors (Lipinski definition) is 2. The van der Waals surface area contributed by atoms with Gasteiger partial charge < -0.3 is 20.5 Å². The number of rotatable bonds is 6. The summed E-state index contributed by atoms with van der Waals surface area (Å²) < 4.78 is 47.3. The lowest BCUT2D eigenvalue weighted by molar-refractivity contribution is 0.00426. The molecule has 35 heavy (non-hydrogen) atoms. The Morgan fingerprint density at radius 1 is 1.23 bits per heavy atom. The van der Waals surface area contributed by atoms with Crippen LogP contribution in [0, 0.1) is 12.7 Å². The van der Waals surface area contributed by atoms with Gasteiger partial charge in [-0.1, -0.05) is 12.1 Å². The maximum absolute atomic E-state index is 13.7. The van der Waals surface area contributed by atoms with E-state index in [0.717, 1.165) is 11.6 Å². The summed E-state index contributed by atoms with van der Waals surface area (Å²) >= 11 is 0. The normalized spacial score (nSPS) is 18.3. The van der Waals surface area contributed by atoms with Gasteiger partial charge in [-0.25, -0.2) is 17.6 Å². The van der Waals surface area contributed by atoms with Crippen LogP contribution in [0.5, 0.6) is 5.75 Å². The number of sulfonamides is 1. The van der Waals surface area contributed by atoms with Crippen LogP contribution in [0.3, 0.4) is 0 Å². The zero-order chi connectivity index (χ0) is 26.0. The van der Waals surface area contributed by atoms with Crippen molar-refractivity contribution in [1.29, 1.82) is 0 Å². The van der Waals surface area contributed by atoms with E-state index in [1.54, 1.807) is 39.0 Å². The van der Waals surface area contributed by atoms with Gasteiger partial charge in [-0.15, -0.1) is 0 Å². The Bertz CT molecular complexity index is 1150. The molecular weight excluding hydrogens is 473 g/mol. The number of phenolic OH excluding ortho intramolecular Hbond substituents is 1. The fourth-order valence-electron chi connectivity index (χ4n) is 4.22. The molecule has 0 saturated carbocycles. The number of hydrogen-bond acceptors (Lipinski definition) is 6. The number of aryl methyl sites for hydroxylation is 1. The first-order chi connectivity index (χ1) is 16.2. The van der Waals surface area contributed by atoms with Crippen LogP contribution in [0.1, 0.15) is 38.3 Å². The van der Waals surface area contributed by atoms with E-state index >= 15 is 0 Å². The lowest BCUT2D eigenvalue weighted by Gasteiger charge is -2.42. The third kappa shape index (κ3) is 7.16. The Morgan fingerprint density at radius 2 is 1.94 bits per heavy atom. The van der Waals surface area contributed by atoms with Crippen LogP contribution in [0.25, 0.3) is 0 Å². The van der Waals surface area contributed by atoms with Crippen LogP contribution in [-0.2, 0) is 21.2 Å². The van der Waals surface area contributed by atoms with Gasteiger partial charge in [-0.3, -0.25) is 0 Å². The largest absolute Gasteiger partial charge is 0.508 e. The van der Waals surface area contributed by atoms with E-state index in [1.807, 2.05) is 13.0 Å². The molecule has 1 aliphatic heterocycles. The third-order valence-corrected chi connectivity index (χ3v) is 7.58. The number of nitrogens with two attached hydrogens (primary N) is 1. The molecule has 0 radical (unpaired) electrons. The van der Waals surface area contributed by atoms with E-state index in [-0.39, 0.29) is 43.1 Å². The molecule has 192 valence electrons. The molecule has 1 amide bonds. The average molecular weight is 508 g/mol. The number of aromatic hydroxyl groups is 1. The molecule has 3 rings (SSSR count). The van der Waals surface area contributed by atoms with Crippen LogP contribution >= 0.6 is 0 Å². The summed E-state index contributed by atoms with van der Waals surface area (Å²) in [7, 11) is -3.78. The fraction of sp³-hybridized carbons (Fsp3) is 0.480. The molecule has 1 saturated heterocycles. The molecule has 1 heterocycles. The molecule has 1 aliphatic rings. The predicted molar refractivity (Wildman–Crippen MR) is 131 cm³/mol. The molecule has 0 spiro atoms. The molecule has 2 atom stereocenters. The van der Waals surface area contributed by atoms with Gasteiger partial charge >= 0.3 is 6.09 Å². The van der Waals surface area contributed by atoms with Gasteiger partial charge in [0, 0.05) is 31.7 Å². The number of nitrogens with zero attached hydrogens (tertiary/aromatic N) is 2. The van der Waals surface area contributed by atoms with E-state index < -0.39 is 39.6 Å². The summed E-state index contributed by atoms with van der Waals surface area (Å²) in [6.45, 7) is 7.45. The summed E-state index contributed by atoms with van der Waals surface area (Å²) in [4.78, 5) is 14.7. The molecule has 0 bridgehead atoms. The SMILES string of the molecule is Cc1cccc(S(=O)(=O)N2CCN(C(=O)OC(C)(C)C)[C@@H](C[C@@H](N)Cc3cc(O)cc(F)c3)C2)c1. The van der Waals surface area contributed by atoms with Crippen molar-refractivity contribution in [2.24, 2.45) is 5.73 Å². The van der Waals surface area contributed by atoms with Crippen molar-refractivity contribution in [2.45, 2.75) is 63.1 Å². The lowest BCUT2D eigenvalue weighted by atomic mass is 9.98. The van der Waals surface area contributed by atoms with Crippen molar-refractivity contribution >= 4 is 16.1 Å². The average Bonchev–Trinajstić information content (AvgIpc) is 2.71. The zero-order valence-electron chi connectivity index (χ0n) is 20.6. The number of amides is 1. The van der Waals surface area contributed by atoms with Gasteiger partial charge in [0.25, 0.3) is 0 Å². The highest BCUT2D eigenvalue weighted by Gasteiger charge is 2.38. The molecule has 10 heteroatoms. The van der Waals surface area contributed by atoms with Gasteiger partial charge in [0.05, 0.1) is 10.9 Å². The molecule has 2 aromatic rings. The minimum absolute atomic E-state index is 0.0532. The van der Waals surface area contributed by atoms with Crippen LogP contribution < -0.4 is 5.73 Å².